The summed E-state index contributed by atoms with van der Waals surface area (Å²) >= 11 is 0. The number of nitro benzene ring substituents is 1. The van der Waals surface area contributed by atoms with Crippen LogP contribution in [0.15, 0.2) is 24.3 Å². The van der Waals surface area contributed by atoms with Gasteiger partial charge < -0.3 is 10.6 Å². The molecule has 0 saturated heterocycles. The highest BCUT2D eigenvalue weighted by molar-refractivity contribution is 5.66. The van der Waals surface area contributed by atoms with E-state index in [-0.39, 0.29) is 28.7 Å². The Hall–Kier alpha value is -2.91. The minimum atomic E-state index is -4.64. The van der Waals surface area contributed by atoms with Gasteiger partial charge in [0.2, 0.25) is 5.95 Å². The minimum Gasteiger partial charge on any atom is -0.357 e. The molecule has 0 radical (unpaired) electrons. The van der Waals surface area contributed by atoms with Gasteiger partial charge in [-0.05, 0) is 13.0 Å². The maximum atomic E-state index is 12.8. The largest absolute Gasteiger partial charge is 0.433 e. The van der Waals surface area contributed by atoms with Crippen molar-refractivity contribution in [3.05, 3.63) is 45.6 Å². The number of halogens is 3. The van der Waals surface area contributed by atoms with E-state index < -0.39 is 16.8 Å². The SMILES string of the molecule is CNc1nc(Nc2cccc([N+](=O)[O-])c2C)cc(C(F)(F)F)n1. The molecular weight excluding hydrogens is 315 g/mol. The zero-order valence-electron chi connectivity index (χ0n) is 12.1. The molecule has 0 spiro atoms. The van der Waals surface area contributed by atoms with Crippen molar-refractivity contribution in [3.63, 3.8) is 0 Å². The zero-order chi connectivity index (χ0) is 17.2. The van der Waals surface area contributed by atoms with E-state index in [0.29, 0.717) is 0 Å². The summed E-state index contributed by atoms with van der Waals surface area (Å²) in [5.74, 6) is -0.342. The van der Waals surface area contributed by atoms with Crippen LogP contribution in [0.25, 0.3) is 0 Å². The Morgan fingerprint density at radius 1 is 1.26 bits per heavy atom. The maximum absolute atomic E-state index is 12.8. The lowest BCUT2D eigenvalue weighted by atomic mass is 10.1. The van der Waals surface area contributed by atoms with Crippen LogP contribution in [0.4, 0.5) is 36.3 Å². The summed E-state index contributed by atoms with van der Waals surface area (Å²) in [5, 5.41) is 16.0. The average Bonchev–Trinajstić information content (AvgIpc) is 2.47. The first-order chi connectivity index (χ1) is 10.7. The van der Waals surface area contributed by atoms with Crippen molar-refractivity contribution in [3.8, 4) is 0 Å². The number of alkyl halides is 3. The first-order valence-corrected chi connectivity index (χ1v) is 6.37. The number of hydrogen-bond acceptors (Lipinski definition) is 6. The van der Waals surface area contributed by atoms with Gasteiger partial charge in [-0.3, -0.25) is 10.1 Å². The Morgan fingerprint density at radius 2 is 1.96 bits per heavy atom. The lowest BCUT2D eigenvalue weighted by molar-refractivity contribution is -0.385. The molecule has 2 rings (SSSR count). The fourth-order valence-corrected chi connectivity index (χ4v) is 1.86. The van der Waals surface area contributed by atoms with Crippen LogP contribution in [-0.2, 0) is 6.18 Å². The molecule has 0 saturated carbocycles. The monoisotopic (exact) mass is 327 g/mol. The molecular formula is C13H12F3N5O2. The van der Waals surface area contributed by atoms with Crippen LogP contribution in [0, 0.1) is 17.0 Å². The smallest absolute Gasteiger partial charge is 0.357 e. The molecule has 0 fully saturated rings. The Morgan fingerprint density at radius 3 is 2.52 bits per heavy atom. The van der Waals surface area contributed by atoms with Crippen molar-refractivity contribution in [2.45, 2.75) is 13.1 Å². The third-order valence-corrected chi connectivity index (χ3v) is 3.00. The fourth-order valence-electron chi connectivity index (χ4n) is 1.86. The van der Waals surface area contributed by atoms with Gasteiger partial charge in [0.05, 0.1) is 10.5 Å². The van der Waals surface area contributed by atoms with E-state index in [0.717, 1.165) is 6.07 Å². The minimum absolute atomic E-state index is 0.125. The molecule has 0 amide bonds. The highest BCUT2D eigenvalue weighted by Crippen LogP contribution is 2.32. The second kappa shape index (κ2) is 6.07. The summed E-state index contributed by atoms with van der Waals surface area (Å²) in [4.78, 5) is 17.5. The van der Waals surface area contributed by atoms with Crippen LogP contribution in [0.5, 0.6) is 0 Å². The summed E-state index contributed by atoms with van der Waals surface area (Å²) < 4.78 is 38.5. The summed E-state index contributed by atoms with van der Waals surface area (Å²) in [6.45, 7) is 1.49. The second-order valence-electron chi connectivity index (χ2n) is 4.54. The highest BCUT2D eigenvalue weighted by Gasteiger charge is 2.33. The van der Waals surface area contributed by atoms with E-state index in [1.807, 2.05) is 0 Å². The molecule has 7 nitrogen and oxygen atoms in total. The van der Waals surface area contributed by atoms with Gasteiger partial charge >= 0.3 is 6.18 Å². The van der Waals surface area contributed by atoms with E-state index in [2.05, 4.69) is 20.6 Å². The van der Waals surface area contributed by atoms with Crippen LogP contribution in [0.2, 0.25) is 0 Å². The number of nitro groups is 1. The molecule has 0 aliphatic rings. The molecule has 10 heteroatoms. The lowest BCUT2D eigenvalue weighted by Crippen LogP contribution is -2.12. The number of benzene rings is 1. The third kappa shape index (κ3) is 3.65. The van der Waals surface area contributed by atoms with Gasteiger partial charge in [0.1, 0.15) is 5.82 Å². The lowest BCUT2D eigenvalue weighted by Gasteiger charge is -2.13. The standard InChI is InChI=1S/C13H12F3N5O2/c1-7-8(4-3-5-9(7)21(22)23)18-11-6-10(13(14,15)16)19-12(17-2)20-11/h3-6H,1-2H3,(H2,17,18,19,20). The average molecular weight is 327 g/mol. The number of anilines is 3. The van der Waals surface area contributed by atoms with E-state index in [9.17, 15) is 23.3 Å². The van der Waals surface area contributed by atoms with Crippen LogP contribution in [0.3, 0.4) is 0 Å². The molecule has 0 aliphatic heterocycles. The van der Waals surface area contributed by atoms with Crippen LogP contribution in [0.1, 0.15) is 11.3 Å². The topological polar surface area (TPSA) is 93.0 Å². The third-order valence-electron chi connectivity index (χ3n) is 3.00. The highest BCUT2D eigenvalue weighted by atomic mass is 19.4. The molecule has 0 bridgehead atoms. The van der Waals surface area contributed by atoms with Crippen LogP contribution < -0.4 is 10.6 Å². The van der Waals surface area contributed by atoms with Gasteiger partial charge in [-0.2, -0.15) is 18.2 Å². The van der Waals surface area contributed by atoms with Gasteiger partial charge in [0, 0.05) is 24.9 Å². The van der Waals surface area contributed by atoms with Crippen LogP contribution >= 0.6 is 0 Å². The van der Waals surface area contributed by atoms with Crippen molar-refractivity contribution in [1.82, 2.24) is 9.97 Å². The van der Waals surface area contributed by atoms with Crippen molar-refractivity contribution < 1.29 is 18.1 Å². The van der Waals surface area contributed by atoms with Gasteiger partial charge in [-0.25, -0.2) is 4.98 Å². The molecule has 2 aromatic rings. The molecule has 1 aromatic heterocycles. The molecule has 1 heterocycles. The predicted molar refractivity (Wildman–Crippen MR) is 77.7 cm³/mol. The molecule has 1 aromatic carbocycles. The van der Waals surface area contributed by atoms with Gasteiger partial charge in [-0.15, -0.1) is 0 Å². The van der Waals surface area contributed by atoms with Crippen molar-refractivity contribution in [2.75, 3.05) is 17.7 Å². The summed E-state index contributed by atoms with van der Waals surface area (Å²) in [5.41, 5.74) is -0.694. The van der Waals surface area contributed by atoms with Crippen molar-refractivity contribution in [2.24, 2.45) is 0 Å². The Balaban J connectivity index is 2.45. The van der Waals surface area contributed by atoms with E-state index in [1.54, 1.807) is 0 Å². The Kier molecular flexibility index (Phi) is 4.34. The number of hydrogen-bond donors (Lipinski definition) is 2. The van der Waals surface area contributed by atoms with Gasteiger partial charge in [0.15, 0.2) is 5.69 Å². The fraction of sp³-hybridized carbons (Fsp3) is 0.231. The van der Waals surface area contributed by atoms with E-state index >= 15 is 0 Å². The summed E-state index contributed by atoms with van der Waals surface area (Å²) in [7, 11) is 1.39. The first kappa shape index (κ1) is 16.5. The zero-order valence-corrected chi connectivity index (χ0v) is 12.1. The molecule has 2 N–H and O–H groups in total. The Bertz CT molecular complexity index is 749. The number of aromatic nitrogens is 2. The summed E-state index contributed by atoms with van der Waals surface area (Å²) in [6.07, 6.45) is -4.64. The molecule has 23 heavy (non-hydrogen) atoms. The Labute approximate surface area is 128 Å². The molecule has 0 atom stereocenters. The molecule has 122 valence electrons. The predicted octanol–water partition coefficient (Wildman–Crippen LogP) is 3.50. The van der Waals surface area contributed by atoms with Gasteiger partial charge in [-0.1, -0.05) is 6.07 Å². The first-order valence-electron chi connectivity index (χ1n) is 6.37. The van der Waals surface area contributed by atoms with Crippen molar-refractivity contribution in [1.29, 1.82) is 0 Å². The summed E-state index contributed by atoms with van der Waals surface area (Å²) in [6, 6.07) is 4.98. The molecule has 0 unspecified atom stereocenters. The van der Waals surface area contributed by atoms with Crippen molar-refractivity contribution >= 4 is 23.1 Å². The second-order valence-corrected chi connectivity index (χ2v) is 4.54. The normalized spacial score (nSPS) is 11.2. The van der Waals surface area contributed by atoms with Gasteiger partial charge in [0.25, 0.3) is 5.69 Å². The molecule has 0 aliphatic carbocycles. The van der Waals surface area contributed by atoms with Crippen LogP contribution in [-0.4, -0.2) is 21.9 Å². The quantitative estimate of drug-likeness (QED) is 0.659. The number of nitrogens with one attached hydrogen (secondary N) is 2. The maximum Gasteiger partial charge on any atom is 0.433 e. The number of nitrogens with zero attached hydrogens (tertiary/aromatic N) is 3. The number of rotatable bonds is 4. The van der Waals surface area contributed by atoms with E-state index in [4.69, 9.17) is 0 Å². The van der Waals surface area contributed by atoms with E-state index in [1.165, 1.54) is 32.2 Å².